The maximum absolute atomic E-state index is 13.8. The van der Waals surface area contributed by atoms with Crippen LogP contribution in [0.25, 0.3) is 0 Å². The summed E-state index contributed by atoms with van der Waals surface area (Å²) in [6.45, 7) is 2.05. The SMILES string of the molecule is COc1ccc(CN(C)C(=O)C2Oc3ccccc3OC2C)cc1F. The Morgan fingerprint density at radius 3 is 2.52 bits per heavy atom. The first-order chi connectivity index (χ1) is 12.0. The van der Waals surface area contributed by atoms with Crippen LogP contribution in [0, 0.1) is 5.82 Å². The number of carbonyl (C=O) groups excluding carboxylic acids is 1. The van der Waals surface area contributed by atoms with Gasteiger partial charge in [-0.2, -0.15) is 0 Å². The monoisotopic (exact) mass is 345 g/mol. The van der Waals surface area contributed by atoms with Crippen molar-refractivity contribution in [2.24, 2.45) is 0 Å². The number of fused-ring (bicyclic) bond motifs is 1. The molecule has 0 aliphatic carbocycles. The van der Waals surface area contributed by atoms with Gasteiger partial charge >= 0.3 is 0 Å². The molecule has 3 rings (SSSR count). The van der Waals surface area contributed by atoms with E-state index >= 15 is 0 Å². The van der Waals surface area contributed by atoms with Gasteiger partial charge in [0.1, 0.15) is 6.10 Å². The molecule has 1 aliphatic heterocycles. The Balaban J connectivity index is 1.71. The van der Waals surface area contributed by atoms with E-state index in [0.717, 1.165) is 0 Å². The highest BCUT2D eigenvalue weighted by Crippen LogP contribution is 2.34. The molecular weight excluding hydrogens is 325 g/mol. The van der Waals surface area contributed by atoms with E-state index in [2.05, 4.69) is 0 Å². The molecule has 0 fully saturated rings. The van der Waals surface area contributed by atoms with E-state index < -0.39 is 18.0 Å². The molecule has 0 spiro atoms. The summed E-state index contributed by atoms with van der Waals surface area (Å²) in [6.07, 6.45) is -1.17. The first-order valence-electron chi connectivity index (χ1n) is 7.99. The summed E-state index contributed by atoms with van der Waals surface area (Å²) >= 11 is 0. The Morgan fingerprint density at radius 1 is 1.20 bits per heavy atom. The average Bonchev–Trinajstić information content (AvgIpc) is 2.60. The van der Waals surface area contributed by atoms with Crippen molar-refractivity contribution >= 4 is 5.91 Å². The standard InChI is InChI=1S/C19H20FNO4/c1-12-18(25-17-7-5-4-6-16(17)24-12)19(22)21(2)11-13-8-9-15(23-3)14(20)10-13/h4-10,12,18H,11H2,1-3H3. The first kappa shape index (κ1) is 17.1. The third-order valence-corrected chi connectivity index (χ3v) is 4.10. The highest BCUT2D eigenvalue weighted by molar-refractivity contribution is 5.82. The van der Waals surface area contributed by atoms with E-state index in [0.29, 0.717) is 17.1 Å². The van der Waals surface area contributed by atoms with Crippen LogP contribution in [0.4, 0.5) is 4.39 Å². The fourth-order valence-electron chi connectivity index (χ4n) is 2.77. The number of para-hydroxylation sites is 2. The van der Waals surface area contributed by atoms with Crippen LogP contribution in [-0.2, 0) is 11.3 Å². The zero-order valence-electron chi connectivity index (χ0n) is 14.4. The number of ether oxygens (including phenoxy) is 3. The van der Waals surface area contributed by atoms with Crippen LogP contribution >= 0.6 is 0 Å². The fraction of sp³-hybridized carbons (Fsp3) is 0.316. The number of carbonyl (C=O) groups is 1. The molecule has 0 aromatic heterocycles. The molecule has 2 aromatic rings. The number of hydrogen-bond acceptors (Lipinski definition) is 4. The number of benzene rings is 2. The second-order valence-corrected chi connectivity index (χ2v) is 5.97. The van der Waals surface area contributed by atoms with Crippen LogP contribution in [0.1, 0.15) is 12.5 Å². The number of amides is 1. The van der Waals surface area contributed by atoms with Crippen LogP contribution in [-0.4, -0.2) is 37.2 Å². The zero-order valence-corrected chi connectivity index (χ0v) is 14.4. The zero-order chi connectivity index (χ0) is 18.0. The maximum atomic E-state index is 13.8. The van der Waals surface area contributed by atoms with Crippen molar-refractivity contribution in [1.29, 1.82) is 0 Å². The Hall–Kier alpha value is -2.76. The smallest absolute Gasteiger partial charge is 0.267 e. The van der Waals surface area contributed by atoms with Gasteiger partial charge in [0.05, 0.1) is 7.11 Å². The molecule has 0 bridgehead atoms. The van der Waals surface area contributed by atoms with E-state index in [9.17, 15) is 9.18 Å². The third-order valence-electron chi connectivity index (χ3n) is 4.10. The van der Waals surface area contributed by atoms with Gasteiger partial charge in [-0.3, -0.25) is 4.79 Å². The summed E-state index contributed by atoms with van der Waals surface area (Å²) in [4.78, 5) is 14.2. The maximum Gasteiger partial charge on any atom is 0.267 e. The van der Waals surface area contributed by atoms with Crippen molar-refractivity contribution in [2.75, 3.05) is 14.2 Å². The summed E-state index contributed by atoms with van der Waals surface area (Å²) < 4.78 is 30.3. The molecule has 0 saturated heterocycles. The minimum absolute atomic E-state index is 0.173. The number of hydrogen-bond donors (Lipinski definition) is 0. The van der Waals surface area contributed by atoms with Crippen LogP contribution < -0.4 is 14.2 Å². The first-order valence-corrected chi connectivity index (χ1v) is 7.99. The number of rotatable bonds is 4. The molecular formula is C19H20FNO4. The van der Waals surface area contributed by atoms with Gasteiger partial charge in [0, 0.05) is 13.6 Å². The van der Waals surface area contributed by atoms with Crippen LogP contribution in [0.5, 0.6) is 17.2 Å². The van der Waals surface area contributed by atoms with Gasteiger partial charge in [0.25, 0.3) is 5.91 Å². The Morgan fingerprint density at radius 2 is 1.88 bits per heavy atom. The molecule has 0 saturated carbocycles. The molecule has 25 heavy (non-hydrogen) atoms. The van der Waals surface area contributed by atoms with Gasteiger partial charge in [-0.1, -0.05) is 18.2 Å². The molecule has 2 aromatic carbocycles. The summed E-state index contributed by atoms with van der Waals surface area (Å²) in [5, 5.41) is 0. The van der Waals surface area contributed by atoms with Crippen LogP contribution in [0.3, 0.4) is 0 Å². The van der Waals surface area contributed by atoms with E-state index in [1.807, 2.05) is 12.1 Å². The van der Waals surface area contributed by atoms with Gasteiger partial charge in [-0.25, -0.2) is 4.39 Å². The number of methoxy groups -OCH3 is 1. The molecule has 2 atom stereocenters. The molecule has 2 unspecified atom stereocenters. The minimum atomic E-state index is -0.747. The summed E-state index contributed by atoms with van der Waals surface area (Å²) in [5.41, 5.74) is 0.666. The molecule has 5 nitrogen and oxygen atoms in total. The third kappa shape index (κ3) is 3.52. The number of halogens is 1. The van der Waals surface area contributed by atoms with E-state index in [-0.39, 0.29) is 18.2 Å². The Kier molecular flexibility index (Phi) is 4.79. The van der Waals surface area contributed by atoms with Crippen LogP contribution in [0.2, 0.25) is 0 Å². The topological polar surface area (TPSA) is 48.0 Å². The lowest BCUT2D eigenvalue weighted by Crippen LogP contribution is -2.49. The Bertz CT molecular complexity index is 780. The van der Waals surface area contributed by atoms with E-state index in [1.165, 1.54) is 18.1 Å². The molecule has 0 N–H and O–H groups in total. The van der Waals surface area contributed by atoms with Gasteiger partial charge in [-0.05, 0) is 36.8 Å². The van der Waals surface area contributed by atoms with Gasteiger partial charge in [0.15, 0.2) is 23.1 Å². The molecule has 0 radical (unpaired) electrons. The molecule has 1 aliphatic rings. The highest BCUT2D eigenvalue weighted by Gasteiger charge is 2.35. The van der Waals surface area contributed by atoms with Crippen molar-refractivity contribution in [3.63, 3.8) is 0 Å². The summed E-state index contributed by atoms with van der Waals surface area (Å²) in [5.74, 6) is 0.660. The largest absolute Gasteiger partial charge is 0.494 e. The number of nitrogens with zero attached hydrogens (tertiary/aromatic N) is 1. The van der Waals surface area contributed by atoms with Gasteiger partial charge in [-0.15, -0.1) is 0 Å². The fourth-order valence-corrected chi connectivity index (χ4v) is 2.77. The highest BCUT2D eigenvalue weighted by atomic mass is 19.1. The molecule has 6 heteroatoms. The molecule has 132 valence electrons. The van der Waals surface area contributed by atoms with Gasteiger partial charge in [0.2, 0.25) is 6.10 Å². The lowest BCUT2D eigenvalue weighted by atomic mass is 10.1. The van der Waals surface area contributed by atoms with Crippen molar-refractivity contribution < 1.29 is 23.4 Å². The van der Waals surface area contributed by atoms with Crippen molar-refractivity contribution in [3.05, 3.63) is 53.8 Å². The predicted octanol–water partition coefficient (Wildman–Crippen LogP) is 3.02. The van der Waals surface area contributed by atoms with Crippen molar-refractivity contribution in [3.8, 4) is 17.2 Å². The second-order valence-electron chi connectivity index (χ2n) is 5.97. The molecule has 1 heterocycles. The second kappa shape index (κ2) is 7.01. The lowest BCUT2D eigenvalue weighted by Gasteiger charge is -2.33. The summed E-state index contributed by atoms with van der Waals surface area (Å²) in [6, 6.07) is 11.9. The predicted molar refractivity (Wildman–Crippen MR) is 90.4 cm³/mol. The average molecular weight is 345 g/mol. The summed E-state index contributed by atoms with van der Waals surface area (Å²) in [7, 11) is 3.06. The number of likely N-dealkylation sites (N-methyl/N-ethyl adjacent to an activating group) is 1. The van der Waals surface area contributed by atoms with E-state index in [1.54, 1.807) is 38.2 Å². The minimum Gasteiger partial charge on any atom is -0.494 e. The molecule has 1 amide bonds. The van der Waals surface area contributed by atoms with Crippen molar-refractivity contribution in [2.45, 2.75) is 25.7 Å². The lowest BCUT2D eigenvalue weighted by molar-refractivity contribution is -0.143. The van der Waals surface area contributed by atoms with Crippen molar-refractivity contribution in [1.82, 2.24) is 4.90 Å². The normalized spacial score (nSPS) is 18.6. The Labute approximate surface area is 145 Å². The van der Waals surface area contributed by atoms with E-state index in [4.69, 9.17) is 14.2 Å². The van der Waals surface area contributed by atoms with Gasteiger partial charge < -0.3 is 19.1 Å². The quantitative estimate of drug-likeness (QED) is 0.855. The van der Waals surface area contributed by atoms with Crippen LogP contribution in [0.15, 0.2) is 42.5 Å².